The van der Waals surface area contributed by atoms with Crippen molar-refractivity contribution in [2.24, 2.45) is 11.8 Å². The lowest BCUT2D eigenvalue weighted by atomic mass is 9.78. The second-order valence-electron chi connectivity index (χ2n) is 9.88. The summed E-state index contributed by atoms with van der Waals surface area (Å²) in [5.41, 5.74) is 3.86. The van der Waals surface area contributed by atoms with E-state index in [1.165, 1.54) is 70.3 Å². The van der Waals surface area contributed by atoms with Crippen molar-refractivity contribution in [1.29, 1.82) is 0 Å². The Kier molecular flexibility index (Phi) is 10.4. The van der Waals surface area contributed by atoms with Crippen LogP contribution in [0.15, 0.2) is 42.5 Å². The molecule has 0 unspecified atom stereocenters. The maximum absolute atomic E-state index is 14.9. The van der Waals surface area contributed by atoms with E-state index in [9.17, 15) is 9.18 Å². The summed E-state index contributed by atoms with van der Waals surface area (Å²) in [7, 11) is 0. The van der Waals surface area contributed by atoms with Gasteiger partial charge < -0.3 is 4.74 Å². The zero-order chi connectivity index (χ0) is 23.5. The van der Waals surface area contributed by atoms with Crippen molar-refractivity contribution in [3.63, 3.8) is 0 Å². The second-order valence-corrected chi connectivity index (χ2v) is 9.88. The molecule has 3 heteroatoms. The Morgan fingerprint density at radius 1 is 0.879 bits per heavy atom. The average Bonchev–Trinajstić information content (AvgIpc) is 2.82. The van der Waals surface area contributed by atoms with Crippen molar-refractivity contribution in [3.8, 4) is 11.1 Å². The molecule has 0 amide bonds. The fourth-order valence-corrected chi connectivity index (χ4v) is 5.15. The van der Waals surface area contributed by atoms with Gasteiger partial charge >= 0.3 is 5.97 Å². The fourth-order valence-electron chi connectivity index (χ4n) is 5.15. The molecule has 0 heterocycles. The standard InChI is InChI=1S/C30H41FO2/c1-3-4-5-7-24-9-11-26(12-10-24)13-14-27-17-20-29(30(31)22-27)28-18-15-25(16-19-28)8-6-21-33-23(2)32/h15-20,22,24,26H,3-14,21H2,1-2H3. The maximum Gasteiger partial charge on any atom is 0.302 e. The first-order valence-electron chi connectivity index (χ1n) is 13.1. The van der Waals surface area contributed by atoms with Crippen molar-refractivity contribution in [2.75, 3.05) is 6.61 Å². The fraction of sp³-hybridized carbons (Fsp3) is 0.567. The summed E-state index contributed by atoms with van der Waals surface area (Å²) >= 11 is 0. The molecular weight excluding hydrogens is 411 g/mol. The minimum atomic E-state index is -0.241. The first-order chi connectivity index (χ1) is 16.0. The number of carbonyl (C=O) groups excluding carboxylic acids is 1. The number of hydrogen-bond acceptors (Lipinski definition) is 2. The molecule has 3 rings (SSSR count). The van der Waals surface area contributed by atoms with Crippen LogP contribution >= 0.6 is 0 Å². The Balaban J connectivity index is 1.45. The highest BCUT2D eigenvalue weighted by atomic mass is 19.1. The lowest BCUT2D eigenvalue weighted by molar-refractivity contribution is -0.141. The molecule has 0 spiro atoms. The molecule has 0 bridgehead atoms. The van der Waals surface area contributed by atoms with Gasteiger partial charge in [0.2, 0.25) is 0 Å². The summed E-state index contributed by atoms with van der Waals surface area (Å²) in [5.74, 6) is 1.39. The van der Waals surface area contributed by atoms with Gasteiger partial charge in [-0.15, -0.1) is 0 Å². The number of halogens is 1. The molecule has 1 fully saturated rings. The van der Waals surface area contributed by atoms with Gasteiger partial charge in [-0.2, -0.15) is 0 Å². The highest BCUT2D eigenvalue weighted by molar-refractivity contribution is 5.66. The first-order valence-corrected chi connectivity index (χ1v) is 13.1. The smallest absolute Gasteiger partial charge is 0.302 e. The van der Waals surface area contributed by atoms with Gasteiger partial charge in [0.05, 0.1) is 6.61 Å². The van der Waals surface area contributed by atoms with Gasteiger partial charge in [-0.3, -0.25) is 4.79 Å². The molecule has 0 atom stereocenters. The summed E-state index contributed by atoms with van der Waals surface area (Å²) in [6.45, 7) is 4.14. The van der Waals surface area contributed by atoms with Crippen LogP contribution in [-0.2, 0) is 22.4 Å². The number of unbranched alkanes of at least 4 members (excludes halogenated alkanes) is 2. The molecule has 2 aromatic carbocycles. The zero-order valence-electron chi connectivity index (χ0n) is 20.6. The van der Waals surface area contributed by atoms with Crippen LogP contribution in [0.25, 0.3) is 11.1 Å². The highest BCUT2D eigenvalue weighted by Gasteiger charge is 2.20. The van der Waals surface area contributed by atoms with E-state index in [1.807, 2.05) is 30.3 Å². The van der Waals surface area contributed by atoms with Crippen molar-refractivity contribution in [1.82, 2.24) is 0 Å². The third-order valence-electron chi connectivity index (χ3n) is 7.24. The quantitative estimate of drug-likeness (QED) is 0.239. The molecule has 0 saturated heterocycles. The number of ether oxygens (including phenoxy) is 1. The Hall–Kier alpha value is -2.16. The minimum absolute atomic E-state index is 0.130. The SMILES string of the molecule is CCCCCC1CCC(CCc2ccc(-c3ccc(CCCOC(C)=O)cc3)c(F)c2)CC1. The van der Waals surface area contributed by atoms with Crippen LogP contribution in [0.1, 0.15) is 89.2 Å². The first kappa shape index (κ1) is 25.5. The van der Waals surface area contributed by atoms with Crippen molar-refractivity contribution in [3.05, 3.63) is 59.4 Å². The lowest BCUT2D eigenvalue weighted by Crippen LogP contribution is -2.15. The topological polar surface area (TPSA) is 26.3 Å². The molecule has 0 aliphatic heterocycles. The molecule has 1 saturated carbocycles. The molecule has 1 aliphatic rings. The summed E-state index contributed by atoms with van der Waals surface area (Å²) in [6, 6.07) is 13.8. The van der Waals surface area contributed by atoms with Crippen molar-refractivity contribution in [2.45, 2.75) is 90.9 Å². The van der Waals surface area contributed by atoms with E-state index in [-0.39, 0.29) is 11.8 Å². The molecular formula is C30H41FO2. The molecule has 0 radical (unpaired) electrons. The maximum atomic E-state index is 14.9. The van der Waals surface area contributed by atoms with Crippen molar-refractivity contribution < 1.29 is 13.9 Å². The van der Waals surface area contributed by atoms with Crippen LogP contribution in [0.3, 0.4) is 0 Å². The summed E-state index contributed by atoms with van der Waals surface area (Å²) in [5, 5.41) is 0. The van der Waals surface area contributed by atoms with Gasteiger partial charge in [-0.1, -0.05) is 94.7 Å². The van der Waals surface area contributed by atoms with Crippen molar-refractivity contribution >= 4 is 5.97 Å². The van der Waals surface area contributed by atoms with Gasteiger partial charge in [0.1, 0.15) is 5.82 Å². The van der Waals surface area contributed by atoms with Crippen LogP contribution in [-0.4, -0.2) is 12.6 Å². The molecule has 0 N–H and O–H groups in total. The van der Waals surface area contributed by atoms with E-state index in [0.29, 0.717) is 12.2 Å². The molecule has 1 aliphatic carbocycles. The van der Waals surface area contributed by atoms with E-state index in [4.69, 9.17) is 4.74 Å². The third-order valence-corrected chi connectivity index (χ3v) is 7.24. The number of aryl methyl sites for hydroxylation is 2. The van der Waals surface area contributed by atoms with E-state index in [0.717, 1.165) is 42.2 Å². The molecule has 2 aromatic rings. The number of rotatable bonds is 12. The number of benzene rings is 2. The average molecular weight is 453 g/mol. The summed E-state index contributed by atoms with van der Waals surface area (Å²) in [4.78, 5) is 10.8. The third kappa shape index (κ3) is 8.61. The summed E-state index contributed by atoms with van der Waals surface area (Å²) < 4.78 is 19.9. The number of esters is 1. The van der Waals surface area contributed by atoms with E-state index >= 15 is 0 Å². The molecule has 0 aromatic heterocycles. The van der Waals surface area contributed by atoms with Gasteiger partial charge in [0.25, 0.3) is 0 Å². The van der Waals surface area contributed by atoms with Gasteiger partial charge in [0.15, 0.2) is 0 Å². The van der Waals surface area contributed by atoms with Gasteiger partial charge in [-0.05, 0) is 60.3 Å². The normalized spacial score (nSPS) is 18.3. The van der Waals surface area contributed by atoms with Crippen LogP contribution in [0.4, 0.5) is 4.39 Å². The van der Waals surface area contributed by atoms with Crippen LogP contribution in [0.5, 0.6) is 0 Å². The van der Waals surface area contributed by atoms with Crippen LogP contribution in [0, 0.1) is 17.7 Å². The van der Waals surface area contributed by atoms with Crippen LogP contribution in [0.2, 0.25) is 0 Å². The van der Waals surface area contributed by atoms with Gasteiger partial charge in [-0.25, -0.2) is 4.39 Å². The highest BCUT2D eigenvalue weighted by Crippen LogP contribution is 2.34. The summed E-state index contributed by atoms with van der Waals surface area (Å²) in [6.07, 6.45) is 14.8. The Labute approximate surface area is 199 Å². The van der Waals surface area contributed by atoms with E-state index < -0.39 is 0 Å². The van der Waals surface area contributed by atoms with E-state index in [1.54, 1.807) is 6.07 Å². The Morgan fingerprint density at radius 3 is 2.18 bits per heavy atom. The zero-order valence-corrected chi connectivity index (χ0v) is 20.6. The predicted molar refractivity (Wildman–Crippen MR) is 135 cm³/mol. The number of hydrogen-bond donors (Lipinski definition) is 0. The Bertz CT molecular complexity index is 850. The lowest BCUT2D eigenvalue weighted by Gasteiger charge is -2.28. The Morgan fingerprint density at radius 2 is 1.55 bits per heavy atom. The largest absolute Gasteiger partial charge is 0.466 e. The molecule has 33 heavy (non-hydrogen) atoms. The molecule has 180 valence electrons. The number of carbonyl (C=O) groups is 1. The minimum Gasteiger partial charge on any atom is -0.466 e. The van der Waals surface area contributed by atoms with E-state index in [2.05, 4.69) is 13.0 Å². The monoisotopic (exact) mass is 452 g/mol. The predicted octanol–water partition coefficient (Wildman–Crippen LogP) is 8.31. The van der Waals surface area contributed by atoms with Crippen LogP contribution < -0.4 is 0 Å². The second kappa shape index (κ2) is 13.5. The van der Waals surface area contributed by atoms with Gasteiger partial charge in [0, 0.05) is 12.5 Å². The molecule has 2 nitrogen and oxygen atoms in total.